The fourth-order valence-electron chi connectivity index (χ4n) is 4.63. The van der Waals surface area contributed by atoms with E-state index in [-0.39, 0.29) is 0 Å². The highest BCUT2D eigenvalue weighted by Gasteiger charge is 2.36. The summed E-state index contributed by atoms with van der Waals surface area (Å²) in [5, 5.41) is 1.70. The van der Waals surface area contributed by atoms with Crippen LogP contribution in [0.5, 0.6) is 0 Å². The molecule has 0 aromatic heterocycles. The van der Waals surface area contributed by atoms with Gasteiger partial charge in [0, 0.05) is 22.9 Å². The highest BCUT2D eigenvalue weighted by atomic mass is 31.2. The molecule has 0 saturated heterocycles. The Bertz CT molecular complexity index is 785. The third-order valence-corrected chi connectivity index (χ3v) is 14.8. The van der Waals surface area contributed by atoms with Crippen LogP contribution < -0.4 is 10.6 Å². The molecule has 0 bridgehead atoms. The van der Waals surface area contributed by atoms with Crippen LogP contribution in [0.15, 0.2) is 60.7 Å². The van der Waals surface area contributed by atoms with Crippen molar-refractivity contribution in [2.45, 2.75) is 90.9 Å². The molecule has 4 heteroatoms. The average Bonchev–Trinajstić information content (AvgIpc) is 2.84. The maximum Gasteiger partial charge on any atom is 0.150 e. The zero-order valence-corrected chi connectivity index (χ0v) is 22.9. The average molecular weight is 489 g/mol. The Labute approximate surface area is 203 Å². The number of hydrogen-bond donors (Lipinski definition) is 0. The van der Waals surface area contributed by atoms with Gasteiger partial charge in [-0.25, -0.2) is 0 Å². The standard InChI is InChI=1S/C29H46O2P2/c1-3-5-7-9-11-19-25-32(30,26-20-12-10-8-6-4-2)27-33(31,28-21-15-13-16-22-28)29-23-17-14-18-24-29/h13-18,21-24H,3-12,19-20,25-27H2,1-2H3. The second-order valence-electron chi connectivity index (χ2n) is 9.59. The van der Waals surface area contributed by atoms with Crippen LogP contribution in [-0.2, 0) is 9.13 Å². The molecule has 0 unspecified atom stereocenters. The highest BCUT2D eigenvalue weighted by molar-refractivity contribution is 7.88. The SMILES string of the molecule is CCCCCCCCP(=O)(CCCCCCCC)CP(=O)(c1ccccc1)c1ccccc1. The van der Waals surface area contributed by atoms with Gasteiger partial charge in [0.1, 0.15) is 7.14 Å². The molecule has 0 N–H and O–H groups in total. The third kappa shape index (κ3) is 9.96. The second-order valence-corrected chi connectivity index (χ2v) is 16.2. The van der Waals surface area contributed by atoms with Gasteiger partial charge in [-0.15, -0.1) is 0 Å². The summed E-state index contributed by atoms with van der Waals surface area (Å²) in [5.41, 5.74) is 0. The van der Waals surface area contributed by atoms with Crippen molar-refractivity contribution in [2.24, 2.45) is 0 Å². The Balaban J connectivity index is 2.17. The maximum atomic E-state index is 14.6. The first-order chi connectivity index (χ1) is 16.0. The lowest BCUT2D eigenvalue weighted by molar-refractivity contribution is 0.562. The first-order valence-electron chi connectivity index (χ1n) is 13.3. The Kier molecular flexibility index (Phi) is 13.4. The van der Waals surface area contributed by atoms with Crippen LogP contribution >= 0.6 is 14.3 Å². The van der Waals surface area contributed by atoms with E-state index < -0.39 is 14.3 Å². The fraction of sp³-hybridized carbons (Fsp3) is 0.586. The van der Waals surface area contributed by atoms with Gasteiger partial charge < -0.3 is 9.13 Å². The van der Waals surface area contributed by atoms with Gasteiger partial charge in [0.25, 0.3) is 0 Å². The smallest absolute Gasteiger partial charge is 0.150 e. The summed E-state index contributed by atoms with van der Waals surface area (Å²) in [6, 6.07) is 19.6. The van der Waals surface area contributed by atoms with Crippen molar-refractivity contribution in [3.8, 4) is 0 Å². The lowest BCUT2D eigenvalue weighted by atomic mass is 10.1. The minimum atomic E-state index is -2.94. The van der Waals surface area contributed by atoms with Crippen molar-refractivity contribution in [3.05, 3.63) is 60.7 Å². The van der Waals surface area contributed by atoms with E-state index in [9.17, 15) is 9.13 Å². The predicted molar refractivity (Wildman–Crippen MR) is 149 cm³/mol. The molecule has 0 radical (unpaired) electrons. The van der Waals surface area contributed by atoms with Crippen molar-refractivity contribution in [2.75, 3.05) is 18.2 Å². The van der Waals surface area contributed by atoms with Gasteiger partial charge in [0.15, 0.2) is 0 Å². The molecule has 0 fully saturated rings. The van der Waals surface area contributed by atoms with Crippen LogP contribution in [0.25, 0.3) is 0 Å². The van der Waals surface area contributed by atoms with E-state index in [0.717, 1.165) is 48.6 Å². The largest absolute Gasteiger partial charge is 0.323 e. The molecule has 2 aromatic carbocycles. The Morgan fingerprint density at radius 3 is 1.27 bits per heavy atom. The van der Waals surface area contributed by atoms with E-state index in [4.69, 9.17) is 0 Å². The predicted octanol–water partition coefficient (Wildman–Crippen LogP) is 9.04. The Morgan fingerprint density at radius 2 is 0.879 bits per heavy atom. The molecular formula is C29H46O2P2. The van der Waals surface area contributed by atoms with Gasteiger partial charge >= 0.3 is 0 Å². The molecule has 184 valence electrons. The van der Waals surface area contributed by atoms with E-state index >= 15 is 0 Å². The molecule has 0 atom stereocenters. The van der Waals surface area contributed by atoms with Gasteiger partial charge in [0.05, 0.1) is 13.0 Å². The first kappa shape index (κ1) is 28.1. The number of rotatable bonds is 18. The van der Waals surface area contributed by atoms with E-state index in [0.29, 0.717) is 5.90 Å². The Morgan fingerprint density at radius 1 is 0.515 bits per heavy atom. The minimum Gasteiger partial charge on any atom is -0.323 e. The van der Waals surface area contributed by atoms with Crippen LogP contribution in [0.1, 0.15) is 90.9 Å². The van der Waals surface area contributed by atoms with Crippen LogP contribution in [0, 0.1) is 0 Å². The monoisotopic (exact) mass is 488 g/mol. The summed E-state index contributed by atoms with van der Waals surface area (Å²) >= 11 is 0. The normalized spacial score (nSPS) is 12.2. The molecule has 0 amide bonds. The van der Waals surface area contributed by atoms with Crippen molar-refractivity contribution in [3.63, 3.8) is 0 Å². The lowest BCUT2D eigenvalue weighted by Gasteiger charge is -2.26. The maximum absolute atomic E-state index is 14.6. The summed E-state index contributed by atoms with van der Waals surface area (Å²) < 4.78 is 29.0. The highest BCUT2D eigenvalue weighted by Crippen LogP contribution is 2.61. The summed E-state index contributed by atoms with van der Waals surface area (Å²) in [6.45, 7) is 4.47. The molecule has 2 rings (SSSR count). The molecule has 0 aliphatic carbocycles. The van der Waals surface area contributed by atoms with E-state index in [1.165, 1.54) is 51.4 Å². The molecular weight excluding hydrogens is 442 g/mol. The zero-order chi connectivity index (χ0) is 23.8. The molecule has 0 heterocycles. The quantitative estimate of drug-likeness (QED) is 0.155. The third-order valence-electron chi connectivity index (χ3n) is 6.64. The summed E-state index contributed by atoms with van der Waals surface area (Å²) in [4.78, 5) is 0. The van der Waals surface area contributed by atoms with Crippen LogP contribution in [-0.4, -0.2) is 18.2 Å². The van der Waals surface area contributed by atoms with Gasteiger partial charge in [-0.3, -0.25) is 0 Å². The van der Waals surface area contributed by atoms with Crippen molar-refractivity contribution in [1.29, 1.82) is 0 Å². The molecule has 0 aliphatic rings. The number of benzene rings is 2. The number of unbranched alkanes of at least 4 members (excludes halogenated alkanes) is 10. The van der Waals surface area contributed by atoms with E-state index in [1.54, 1.807) is 0 Å². The zero-order valence-electron chi connectivity index (χ0n) is 21.1. The van der Waals surface area contributed by atoms with Gasteiger partial charge in [-0.05, 0) is 12.8 Å². The summed E-state index contributed by atoms with van der Waals surface area (Å²) in [7, 11) is -5.49. The molecule has 2 aromatic rings. The molecule has 0 saturated carbocycles. The van der Waals surface area contributed by atoms with Crippen LogP contribution in [0.4, 0.5) is 0 Å². The van der Waals surface area contributed by atoms with Gasteiger partial charge in [0.2, 0.25) is 0 Å². The topological polar surface area (TPSA) is 34.1 Å². The van der Waals surface area contributed by atoms with Crippen molar-refractivity contribution in [1.82, 2.24) is 0 Å². The molecule has 0 spiro atoms. The van der Waals surface area contributed by atoms with Crippen LogP contribution in [0.2, 0.25) is 0 Å². The second kappa shape index (κ2) is 15.7. The Hall–Kier alpha value is -1.10. The van der Waals surface area contributed by atoms with Crippen molar-refractivity contribution >= 4 is 24.9 Å². The molecule has 2 nitrogen and oxygen atoms in total. The van der Waals surface area contributed by atoms with E-state index in [1.807, 2.05) is 60.7 Å². The van der Waals surface area contributed by atoms with Gasteiger partial charge in [-0.2, -0.15) is 0 Å². The van der Waals surface area contributed by atoms with Crippen LogP contribution in [0.3, 0.4) is 0 Å². The molecule has 0 aliphatic heterocycles. The summed E-state index contributed by atoms with van der Waals surface area (Å²) in [6.07, 6.45) is 15.8. The van der Waals surface area contributed by atoms with Gasteiger partial charge in [-0.1, -0.05) is 139 Å². The van der Waals surface area contributed by atoms with E-state index in [2.05, 4.69) is 13.8 Å². The molecule has 33 heavy (non-hydrogen) atoms. The lowest BCUT2D eigenvalue weighted by Crippen LogP contribution is -2.20. The minimum absolute atomic E-state index is 0.345. The number of hydrogen-bond acceptors (Lipinski definition) is 2. The van der Waals surface area contributed by atoms with Crippen molar-refractivity contribution < 1.29 is 9.13 Å². The summed E-state index contributed by atoms with van der Waals surface area (Å²) in [5.74, 6) is 0.345. The first-order valence-corrected chi connectivity index (χ1v) is 17.5. The fourth-order valence-corrected chi connectivity index (χ4v) is 13.4.